The van der Waals surface area contributed by atoms with E-state index in [4.69, 9.17) is 10.5 Å². The molecule has 4 nitrogen and oxygen atoms in total. The van der Waals surface area contributed by atoms with Crippen LogP contribution in [0.3, 0.4) is 0 Å². The minimum absolute atomic E-state index is 0.728. The van der Waals surface area contributed by atoms with Crippen LogP contribution < -0.4 is 10.5 Å². The molecule has 0 radical (unpaired) electrons. The summed E-state index contributed by atoms with van der Waals surface area (Å²) in [6, 6.07) is 15.6. The quantitative estimate of drug-likeness (QED) is 0.714. The Hall–Kier alpha value is -2.75. The van der Waals surface area contributed by atoms with Crippen LogP contribution in [0.25, 0.3) is 22.4 Å². The highest BCUT2D eigenvalue weighted by molar-refractivity contribution is 5.85. The maximum Gasteiger partial charge on any atom is 0.118 e. The van der Waals surface area contributed by atoms with E-state index in [1.54, 1.807) is 7.11 Å². The Morgan fingerprint density at radius 2 is 1.75 bits per heavy atom. The number of ether oxygens (including phenoxy) is 1. The fraction of sp³-hybridized carbons (Fsp3) is 0.0625. The highest BCUT2D eigenvalue weighted by Gasteiger charge is 2.11. The number of methoxy groups -OCH3 is 1. The fourth-order valence-electron chi connectivity index (χ4n) is 2.21. The molecule has 0 saturated carbocycles. The Labute approximate surface area is 117 Å². The fourth-order valence-corrected chi connectivity index (χ4v) is 2.21. The molecule has 1 heterocycles. The number of anilines is 1. The molecule has 0 aliphatic carbocycles. The lowest BCUT2D eigenvalue weighted by atomic mass is 10.0. The maximum atomic E-state index is 6.04. The average molecular weight is 265 g/mol. The Kier molecular flexibility index (Phi) is 3.13. The second-order valence-electron chi connectivity index (χ2n) is 4.47. The summed E-state index contributed by atoms with van der Waals surface area (Å²) in [5.74, 6) is 0.831. The lowest BCUT2D eigenvalue weighted by molar-refractivity contribution is 0.415. The normalized spacial score (nSPS) is 10.4. The molecule has 0 unspecified atom stereocenters. The highest BCUT2D eigenvalue weighted by atomic mass is 16.5. The van der Waals surface area contributed by atoms with Crippen molar-refractivity contribution < 1.29 is 4.74 Å². The first-order valence-electron chi connectivity index (χ1n) is 6.32. The zero-order valence-electron chi connectivity index (χ0n) is 11.1. The summed E-state index contributed by atoms with van der Waals surface area (Å²) in [5, 5.41) is 7.18. The predicted octanol–water partition coefficient (Wildman–Crippen LogP) is 3.33. The summed E-state index contributed by atoms with van der Waals surface area (Å²) in [6.07, 6.45) is 1.81. The molecular weight excluding hydrogens is 250 g/mol. The van der Waals surface area contributed by atoms with Crippen LogP contribution in [0.2, 0.25) is 0 Å². The molecule has 0 aliphatic rings. The van der Waals surface area contributed by atoms with Crippen molar-refractivity contribution in [1.29, 1.82) is 0 Å². The van der Waals surface area contributed by atoms with Gasteiger partial charge in [0.15, 0.2) is 0 Å². The van der Waals surface area contributed by atoms with E-state index in [0.717, 1.165) is 33.8 Å². The van der Waals surface area contributed by atoms with Gasteiger partial charge in [0.1, 0.15) is 5.75 Å². The zero-order valence-corrected chi connectivity index (χ0v) is 11.1. The third kappa shape index (κ3) is 2.12. The number of rotatable bonds is 3. The van der Waals surface area contributed by atoms with Gasteiger partial charge < -0.3 is 10.5 Å². The number of nitrogens with one attached hydrogen (secondary N) is 1. The molecule has 0 bridgehead atoms. The van der Waals surface area contributed by atoms with Crippen molar-refractivity contribution in [3.8, 4) is 28.1 Å². The van der Waals surface area contributed by atoms with Crippen molar-refractivity contribution in [1.82, 2.24) is 10.2 Å². The van der Waals surface area contributed by atoms with Gasteiger partial charge in [-0.1, -0.05) is 30.3 Å². The zero-order chi connectivity index (χ0) is 13.9. The van der Waals surface area contributed by atoms with E-state index < -0.39 is 0 Å². The second-order valence-corrected chi connectivity index (χ2v) is 4.47. The molecule has 4 heteroatoms. The van der Waals surface area contributed by atoms with Crippen LogP contribution in [0.15, 0.2) is 54.7 Å². The van der Waals surface area contributed by atoms with E-state index in [9.17, 15) is 0 Å². The largest absolute Gasteiger partial charge is 0.497 e. The van der Waals surface area contributed by atoms with Crippen molar-refractivity contribution in [2.75, 3.05) is 12.8 Å². The monoisotopic (exact) mass is 265 g/mol. The molecule has 3 rings (SSSR count). The number of aromatic amines is 1. The topological polar surface area (TPSA) is 63.9 Å². The highest BCUT2D eigenvalue weighted by Crippen LogP contribution is 2.33. The first kappa shape index (κ1) is 12.3. The molecule has 3 aromatic rings. The molecule has 0 aliphatic heterocycles. The molecule has 1 aromatic heterocycles. The van der Waals surface area contributed by atoms with E-state index in [2.05, 4.69) is 10.2 Å². The number of hydrogen-bond donors (Lipinski definition) is 2. The van der Waals surface area contributed by atoms with Gasteiger partial charge in [-0.25, -0.2) is 0 Å². The van der Waals surface area contributed by atoms with Crippen molar-refractivity contribution in [3.05, 3.63) is 54.7 Å². The summed E-state index contributed by atoms with van der Waals surface area (Å²) < 4.78 is 5.18. The average Bonchev–Trinajstić information content (AvgIpc) is 2.97. The van der Waals surface area contributed by atoms with E-state index in [0.29, 0.717) is 0 Å². The molecule has 3 N–H and O–H groups in total. The van der Waals surface area contributed by atoms with Crippen molar-refractivity contribution >= 4 is 5.69 Å². The van der Waals surface area contributed by atoms with Gasteiger partial charge in [0.25, 0.3) is 0 Å². The van der Waals surface area contributed by atoms with Gasteiger partial charge in [-0.2, -0.15) is 5.10 Å². The standard InChI is InChI=1S/C16H15N3O/c1-20-12-8-6-11(7-9-12)14-10-18-19-16(14)13-4-2-3-5-15(13)17/h2-10H,17H2,1H3,(H,18,19). The smallest absolute Gasteiger partial charge is 0.118 e. The molecule has 100 valence electrons. The number of H-pyrrole nitrogens is 1. The van der Waals surface area contributed by atoms with Gasteiger partial charge >= 0.3 is 0 Å². The number of nitrogen functional groups attached to an aromatic ring is 1. The Morgan fingerprint density at radius 3 is 2.45 bits per heavy atom. The molecule has 0 fully saturated rings. The van der Waals surface area contributed by atoms with Crippen LogP contribution in [-0.2, 0) is 0 Å². The number of benzene rings is 2. The summed E-state index contributed by atoms with van der Waals surface area (Å²) in [6.45, 7) is 0. The molecule has 20 heavy (non-hydrogen) atoms. The molecule has 0 amide bonds. The van der Waals surface area contributed by atoms with Crippen LogP contribution in [0.1, 0.15) is 0 Å². The minimum atomic E-state index is 0.728. The van der Waals surface area contributed by atoms with E-state index in [1.165, 1.54) is 0 Å². The number of nitrogens with two attached hydrogens (primary N) is 1. The third-order valence-corrected chi connectivity index (χ3v) is 3.27. The van der Waals surface area contributed by atoms with Gasteiger partial charge in [-0.05, 0) is 23.8 Å². The van der Waals surface area contributed by atoms with Gasteiger partial charge in [-0.15, -0.1) is 0 Å². The van der Waals surface area contributed by atoms with Crippen LogP contribution in [0.5, 0.6) is 5.75 Å². The van der Waals surface area contributed by atoms with Gasteiger partial charge in [-0.3, -0.25) is 5.10 Å². The summed E-state index contributed by atoms with van der Waals surface area (Å²) in [5.41, 5.74) is 10.7. The number of hydrogen-bond acceptors (Lipinski definition) is 3. The molecule has 0 saturated heterocycles. The lowest BCUT2D eigenvalue weighted by Crippen LogP contribution is -1.91. The van der Waals surface area contributed by atoms with Crippen molar-refractivity contribution in [3.63, 3.8) is 0 Å². The molecule has 0 spiro atoms. The molecular formula is C16H15N3O. The van der Waals surface area contributed by atoms with Gasteiger partial charge in [0.05, 0.1) is 19.0 Å². The molecule has 2 aromatic carbocycles. The maximum absolute atomic E-state index is 6.04. The van der Waals surface area contributed by atoms with Crippen LogP contribution in [0.4, 0.5) is 5.69 Å². The number of nitrogens with zero attached hydrogens (tertiary/aromatic N) is 1. The number of para-hydroxylation sites is 1. The van der Waals surface area contributed by atoms with E-state index in [-0.39, 0.29) is 0 Å². The lowest BCUT2D eigenvalue weighted by Gasteiger charge is -2.07. The Balaban J connectivity index is 2.08. The third-order valence-electron chi connectivity index (χ3n) is 3.27. The predicted molar refractivity (Wildman–Crippen MR) is 80.4 cm³/mol. The summed E-state index contributed by atoms with van der Waals surface area (Å²) in [7, 11) is 1.66. The minimum Gasteiger partial charge on any atom is -0.497 e. The van der Waals surface area contributed by atoms with Crippen molar-refractivity contribution in [2.24, 2.45) is 0 Å². The number of aromatic nitrogens is 2. The second kappa shape index (κ2) is 5.09. The first-order chi connectivity index (χ1) is 9.79. The first-order valence-corrected chi connectivity index (χ1v) is 6.32. The summed E-state index contributed by atoms with van der Waals surface area (Å²) >= 11 is 0. The Bertz CT molecular complexity index is 717. The van der Waals surface area contributed by atoms with E-state index in [1.807, 2.05) is 54.7 Å². The van der Waals surface area contributed by atoms with E-state index >= 15 is 0 Å². The van der Waals surface area contributed by atoms with Crippen LogP contribution in [0, 0.1) is 0 Å². The Morgan fingerprint density at radius 1 is 1.00 bits per heavy atom. The van der Waals surface area contributed by atoms with Gasteiger partial charge in [0, 0.05) is 16.8 Å². The summed E-state index contributed by atoms with van der Waals surface area (Å²) in [4.78, 5) is 0. The van der Waals surface area contributed by atoms with Crippen molar-refractivity contribution in [2.45, 2.75) is 0 Å². The SMILES string of the molecule is COc1ccc(-c2cn[nH]c2-c2ccccc2N)cc1. The van der Waals surface area contributed by atoms with Crippen LogP contribution in [-0.4, -0.2) is 17.3 Å². The molecule has 0 atom stereocenters. The van der Waals surface area contributed by atoms with Gasteiger partial charge in [0.2, 0.25) is 0 Å². The van der Waals surface area contributed by atoms with Crippen LogP contribution >= 0.6 is 0 Å².